The highest BCUT2D eigenvalue weighted by Crippen LogP contribution is 2.15. The van der Waals surface area contributed by atoms with Crippen molar-refractivity contribution >= 4 is 11.8 Å². The zero-order valence-corrected chi connectivity index (χ0v) is 16.2. The molecule has 0 aliphatic rings. The van der Waals surface area contributed by atoms with Gasteiger partial charge in [-0.05, 0) is 35.6 Å². The molecule has 5 heteroatoms. The third-order valence-electron chi connectivity index (χ3n) is 4.54. The number of para-hydroxylation sites is 1. The fourth-order valence-corrected chi connectivity index (χ4v) is 2.81. The Hall–Kier alpha value is -3.21. The van der Waals surface area contributed by atoms with Crippen LogP contribution in [0.5, 0.6) is 0 Å². The second-order valence-corrected chi connectivity index (χ2v) is 6.99. The molecule has 0 saturated carbocycles. The highest BCUT2D eigenvalue weighted by atomic mass is 16.5. The molecule has 0 radical (unpaired) electrons. The predicted octanol–water partition coefficient (Wildman–Crippen LogP) is 4.35. The van der Waals surface area contributed by atoms with E-state index in [9.17, 15) is 9.59 Å². The van der Waals surface area contributed by atoms with Crippen LogP contribution in [0.3, 0.4) is 0 Å². The van der Waals surface area contributed by atoms with Gasteiger partial charge in [-0.2, -0.15) is 5.10 Å². The molecule has 0 N–H and O–H groups in total. The van der Waals surface area contributed by atoms with Gasteiger partial charge < -0.3 is 4.74 Å². The molecule has 5 nitrogen and oxygen atoms in total. The molecule has 0 aliphatic carbocycles. The molecule has 0 amide bonds. The third kappa shape index (κ3) is 5.16. The van der Waals surface area contributed by atoms with E-state index in [0.717, 1.165) is 11.3 Å². The molecule has 3 rings (SSSR count). The SMILES string of the molecule is CC(C)c1ccc(C(=O)COC(=O)CCc2cnn(-c3ccccc3)c2)cc1. The number of aryl methyl sites for hydroxylation is 1. The number of esters is 1. The Labute approximate surface area is 165 Å². The van der Waals surface area contributed by atoms with Crippen molar-refractivity contribution in [3.05, 3.63) is 83.7 Å². The number of benzene rings is 2. The topological polar surface area (TPSA) is 61.2 Å². The first-order valence-electron chi connectivity index (χ1n) is 9.40. The zero-order valence-electron chi connectivity index (χ0n) is 16.2. The predicted molar refractivity (Wildman–Crippen MR) is 108 cm³/mol. The van der Waals surface area contributed by atoms with Gasteiger partial charge in [0.05, 0.1) is 11.9 Å². The van der Waals surface area contributed by atoms with Crippen molar-refractivity contribution in [3.63, 3.8) is 0 Å². The monoisotopic (exact) mass is 376 g/mol. The number of hydrogen-bond acceptors (Lipinski definition) is 4. The van der Waals surface area contributed by atoms with Crippen molar-refractivity contribution < 1.29 is 14.3 Å². The van der Waals surface area contributed by atoms with Crippen LogP contribution in [0, 0.1) is 0 Å². The van der Waals surface area contributed by atoms with Gasteiger partial charge >= 0.3 is 5.97 Å². The van der Waals surface area contributed by atoms with Crippen LogP contribution in [0.1, 0.15) is 47.7 Å². The molecule has 28 heavy (non-hydrogen) atoms. The highest BCUT2D eigenvalue weighted by Gasteiger charge is 2.11. The zero-order chi connectivity index (χ0) is 19.9. The van der Waals surface area contributed by atoms with Crippen LogP contribution in [0.15, 0.2) is 67.0 Å². The maximum absolute atomic E-state index is 12.2. The van der Waals surface area contributed by atoms with Gasteiger partial charge in [-0.25, -0.2) is 4.68 Å². The van der Waals surface area contributed by atoms with E-state index in [2.05, 4.69) is 18.9 Å². The van der Waals surface area contributed by atoms with Crippen LogP contribution in [0.25, 0.3) is 5.69 Å². The Bertz CT molecular complexity index is 928. The minimum atomic E-state index is -0.389. The quantitative estimate of drug-likeness (QED) is 0.433. The minimum absolute atomic E-state index is 0.194. The summed E-state index contributed by atoms with van der Waals surface area (Å²) in [6.45, 7) is 3.97. The van der Waals surface area contributed by atoms with E-state index in [1.54, 1.807) is 23.0 Å². The number of aromatic nitrogens is 2. The molecule has 0 aliphatic heterocycles. The van der Waals surface area contributed by atoms with Crippen LogP contribution >= 0.6 is 0 Å². The van der Waals surface area contributed by atoms with E-state index in [-0.39, 0.29) is 24.8 Å². The van der Waals surface area contributed by atoms with Gasteiger partial charge in [0.15, 0.2) is 12.4 Å². The van der Waals surface area contributed by atoms with E-state index in [1.807, 2.05) is 48.7 Å². The Morgan fingerprint density at radius 1 is 1.04 bits per heavy atom. The van der Waals surface area contributed by atoms with Crippen molar-refractivity contribution in [2.45, 2.75) is 32.6 Å². The number of Topliss-reactive ketones (excluding diaryl/α,β-unsaturated/α-hetero) is 1. The van der Waals surface area contributed by atoms with Crippen molar-refractivity contribution in [1.82, 2.24) is 9.78 Å². The molecule has 0 spiro atoms. The molecule has 0 atom stereocenters. The molecule has 2 aromatic carbocycles. The van der Waals surface area contributed by atoms with Gasteiger partial charge in [0.1, 0.15) is 0 Å². The maximum Gasteiger partial charge on any atom is 0.306 e. The van der Waals surface area contributed by atoms with Gasteiger partial charge in [0.25, 0.3) is 0 Å². The van der Waals surface area contributed by atoms with Gasteiger partial charge in [0.2, 0.25) is 0 Å². The first-order chi connectivity index (χ1) is 13.5. The van der Waals surface area contributed by atoms with Gasteiger partial charge in [-0.15, -0.1) is 0 Å². The average Bonchev–Trinajstić information content (AvgIpc) is 3.20. The van der Waals surface area contributed by atoms with Crippen LogP contribution in [0.2, 0.25) is 0 Å². The van der Waals surface area contributed by atoms with Gasteiger partial charge in [-0.1, -0.05) is 56.3 Å². The largest absolute Gasteiger partial charge is 0.457 e. The summed E-state index contributed by atoms with van der Waals surface area (Å²) in [4.78, 5) is 24.1. The Morgan fingerprint density at radius 3 is 2.43 bits per heavy atom. The number of carbonyl (C=O) groups is 2. The fraction of sp³-hybridized carbons (Fsp3) is 0.261. The van der Waals surface area contributed by atoms with Crippen LogP contribution in [-0.4, -0.2) is 28.1 Å². The first-order valence-corrected chi connectivity index (χ1v) is 9.40. The summed E-state index contributed by atoms with van der Waals surface area (Å²) in [5.74, 6) is -0.173. The molecule has 0 saturated heterocycles. The van der Waals surface area contributed by atoms with E-state index >= 15 is 0 Å². The number of ether oxygens (including phenoxy) is 1. The van der Waals surface area contributed by atoms with E-state index in [4.69, 9.17) is 4.74 Å². The fourth-order valence-electron chi connectivity index (χ4n) is 2.81. The van der Waals surface area contributed by atoms with E-state index < -0.39 is 0 Å². The summed E-state index contributed by atoms with van der Waals surface area (Å²) in [5.41, 5.74) is 3.63. The molecule has 1 aromatic heterocycles. The van der Waals surface area contributed by atoms with E-state index in [0.29, 0.717) is 17.9 Å². The van der Waals surface area contributed by atoms with Crippen molar-refractivity contribution in [2.75, 3.05) is 6.61 Å². The lowest BCUT2D eigenvalue weighted by atomic mass is 10.0. The highest BCUT2D eigenvalue weighted by molar-refractivity contribution is 5.97. The lowest BCUT2D eigenvalue weighted by Crippen LogP contribution is -2.14. The maximum atomic E-state index is 12.2. The van der Waals surface area contributed by atoms with Crippen molar-refractivity contribution in [3.8, 4) is 5.69 Å². The third-order valence-corrected chi connectivity index (χ3v) is 4.54. The molecule has 144 valence electrons. The van der Waals surface area contributed by atoms with Crippen LogP contribution < -0.4 is 0 Å². The minimum Gasteiger partial charge on any atom is -0.457 e. The number of carbonyl (C=O) groups excluding carboxylic acids is 2. The smallest absolute Gasteiger partial charge is 0.306 e. The Kier molecular flexibility index (Phi) is 6.37. The van der Waals surface area contributed by atoms with Gasteiger partial charge in [-0.3, -0.25) is 9.59 Å². The van der Waals surface area contributed by atoms with Crippen molar-refractivity contribution in [2.24, 2.45) is 0 Å². The lowest BCUT2D eigenvalue weighted by Gasteiger charge is -2.07. The first kappa shape index (κ1) is 19.5. The molecule has 0 fully saturated rings. The Morgan fingerprint density at radius 2 is 1.75 bits per heavy atom. The normalized spacial score (nSPS) is 10.8. The Balaban J connectivity index is 1.46. The molecular weight excluding hydrogens is 352 g/mol. The molecule has 3 aromatic rings. The average molecular weight is 376 g/mol. The number of hydrogen-bond donors (Lipinski definition) is 0. The number of ketones is 1. The van der Waals surface area contributed by atoms with Crippen LogP contribution in [0.4, 0.5) is 0 Å². The number of nitrogens with zero attached hydrogens (tertiary/aromatic N) is 2. The standard InChI is InChI=1S/C23H24N2O3/c1-17(2)19-9-11-20(12-10-19)22(26)16-28-23(27)13-8-18-14-24-25(15-18)21-6-4-3-5-7-21/h3-7,9-12,14-15,17H,8,13,16H2,1-2H3. The molecular formula is C23H24N2O3. The summed E-state index contributed by atoms with van der Waals surface area (Å²) in [5, 5.41) is 4.31. The second-order valence-electron chi connectivity index (χ2n) is 6.99. The van der Waals surface area contributed by atoms with Crippen molar-refractivity contribution in [1.29, 1.82) is 0 Å². The molecule has 0 unspecified atom stereocenters. The summed E-state index contributed by atoms with van der Waals surface area (Å²) >= 11 is 0. The molecule has 0 bridgehead atoms. The van der Waals surface area contributed by atoms with Gasteiger partial charge in [0, 0.05) is 18.2 Å². The summed E-state index contributed by atoms with van der Waals surface area (Å²) in [6.07, 6.45) is 4.36. The summed E-state index contributed by atoms with van der Waals surface area (Å²) in [7, 11) is 0. The second kappa shape index (κ2) is 9.13. The number of rotatable bonds is 8. The van der Waals surface area contributed by atoms with E-state index in [1.165, 1.54) is 5.56 Å². The summed E-state index contributed by atoms with van der Waals surface area (Å²) in [6, 6.07) is 17.2. The molecule has 1 heterocycles. The lowest BCUT2D eigenvalue weighted by molar-refractivity contribution is -0.142. The van der Waals surface area contributed by atoms with Crippen LogP contribution in [-0.2, 0) is 16.0 Å². The summed E-state index contributed by atoms with van der Waals surface area (Å²) < 4.78 is 6.90.